The molecule has 5 nitrogen and oxygen atoms in total. The Morgan fingerprint density at radius 1 is 1.42 bits per heavy atom. The highest BCUT2D eigenvalue weighted by atomic mass is 16.1. The third kappa shape index (κ3) is 0.952. The van der Waals surface area contributed by atoms with Gasteiger partial charge in [-0.1, -0.05) is 0 Å². The minimum absolute atomic E-state index is 0.182. The number of nitrogens with one attached hydrogen (secondary N) is 1. The van der Waals surface area contributed by atoms with Crippen LogP contribution in [-0.2, 0) is 0 Å². The summed E-state index contributed by atoms with van der Waals surface area (Å²) >= 11 is 0. The van der Waals surface area contributed by atoms with Crippen LogP contribution in [0, 0.1) is 6.92 Å². The Labute approximate surface area is 67.5 Å². The van der Waals surface area contributed by atoms with E-state index in [0.717, 1.165) is 0 Å². The molecule has 0 amide bonds. The van der Waals surface area contributed by atoms with E-state index in [1.807, 2.05) is 0 Å². The molecule has 1 N–H and O–H groups in total. The summed E-state index contributed by atoms with van der Waals surface area (Å²) in [6.07, 6.45) is 1.31. The molecule has 2 rings (SSSR count). The van der Waals surface area contributed by atoms with Crippen molar-refractivity contribution >= 4 is 11.0 Å². The van der Waals surface area contributed by atoms with Crippen molar-refractivity contribution in [2.75, 3.05) is 0 Å². The number of aryl methyl sites for hydroxylation is 1. The lowest BCUT2D eigenvalue weighted by molar-refractivity contribution is 0.986. The Morgan fingerprint density at radius 3 is 3.08 bits per heavy atom. The van der Waals surface area contributed by atoms with Crippen LogP contribution in [-0.4, -0.2) is 20.2 Å². The van der Waals surface area contributed by atoms with E-state index in [2.05, 4.69) is 20.2 Å². The van der Waals surface area contributed by atoms with Crippen molar-refractivity contribution in [2.45, 2.75) is 6.92 Å². The standard InChI is InChI=1S/C7H6N4O/c1-4-2-5-6(11-10-4)8-3-9-7(5)12/h2-3H,1H3,(H,8,9,11,12). The highest BCUT2D eigenvalue weighted by Crippen LogP contribution is 2.00. The summed E-state index contributed by atoms with van der Waals surface area (Å²) < 4.78 is 0. The summed E-state index contributed by atoms with van der Waals surface area (Å²) in [5, 5.41) is 8.02. The maximum absolute atomic E-state index is 11.2. The van der Waals surface area contributed by atoms with Gasteiger partial charge in [0.05, 0.1) is 17.4 Å². The Bertz CT molecular complexity index is 476. The van der Waals surface area contributed by atoms with Gasteiger partial charge in [-0.15, -0.1) is 5.10 Å². The second kappa shape index (κ2) is 2.37. The van der Waals surface area contributed by atoms with Crippen LogP contribution in [0.2, 0.25) is 0 Å². The third-order valence-electron chi connectivity index (χ3n) is 1.52. The Balaban J connectivity index is 2.98. The molecule has 2 heterocycles. The monoisotopic (exact) mass is 162 g/mol. The van der Waals surface area contributed by atoms with Crippen molar-refractivity contribution in [1.29, 1.82) is 0 Å². The molecule has 60 valence electrons. The van der Waals surface area contributed by atoms with E-state index in [0.29, 0.717) is 16.7 Å². The van der Waals surface area contributed by atoms with E-state index in [9.17, 15) is 4.79 Å². The number of nitrogens with zero attached hydrogens (tertiary/aromatic N) is 3. The van der Waals surface area contributed by atoms with Gasteiger partial charge in [-0.2, -0.15) is 5.10 Å². The first kappa shape index (κ1) is 6.90. The topological polar surface area (TPSA) is 71.5 Å². The number of H-pyrrole nitrogens is 1. The van der Waals surface area contributed by atoms with Crippen LogP contribution in [0.5, 0.6) is 0 Å². The lowest BCUT2D eigenvalue weighted by Gasteiger charge is -1.93. The van der Waals surface area contributed by atoms with E-state index in [-0.39, 0.29) is 5.56 Å². The van der Waals surface area contributed by atoms with Gasteiger partial charge < -0.3 is 4.98 Å². The molecular formula is C7H6N4O. The van der Waals surface area contributed by atoms with E-state index in [1.54, 1.807) is 13.0 Å². The smallest absolute Gasteiger partial charge is 0.260 e. The molecule has 0 aliphatic carbocycles. The van der Waals surface area contributed by atoms with Crippen molar-refractivity contribution in [3.63, 3.8) is 0 Å². The van der Waals surface area contributed by atoms with Gasteiger partial charge in [0.15, 0.2) is 5.65 Å². The molecular weight excluding hydrogens is 156 g/mol. The lowest BCUT2D eigenvalue weighted by Crippen LogP contribution is -2.08. The fraction of sp³-hybridized carbons (Fsp3) is 0.143. The van der Waals surface area contributed by atoms with Gasteiger partial charge in [0.2, 0.25) is 0 Å². The minimum Gasteiger partial charge on any atom is -0.313 e. The predicted octanol–water partition coefficient (Wildman–Crippen LogP) is 0.0215. The summed E-state index contributed by atoms with van der Waals surface area (Å²) in [6, 6.07) is 1.66. The van der Waals surface area contributed by atoms with Gasteiger partial charge in [0, 0.05) is 0 Å². The van der Waals surface area contributed by atoms with Crippen molar-refractivity contribution in [1.82, 2.24) is 20.2 Å². The number of hydrogen-bond donors (Lipinski definition) is 1. The Kier molecular flexibility index (Phi) is 1.36. The first-order valence-electron chi connectivity index (χ1n) is 3.45. The number of aromatic nitrogens is 4. The number of rotatable bonds is 0. The number of aromatic amines is 1. The van der Waals surface area contributed by atoms with Crippen LogP contribution in [0.4, 0.5) is 0 Å². The zero-order chi connectivity index (χ0) is 8.55. The first-order valence-corrected chi connectivity index (χ1v) is 3.45. The fourth-order valence-electron chi connectivity index (χ4n) is 0.975. The molecule has 0 spiro atoms. The molecule has 0 saturated carbocycles. The molecule has 0 fully saturated rings. The number of hydrogen-bond acceptors (Lipinski definition) is 4. The zero-order valence-electron chi connectivity index (χ0n) is 6.40. The van der Waals surface area contributed by atoms with Crippen LogP contribution in [0.15, 0.2) is 17.2 Å². The summed E-state index contributed by atoms with van der Waals surface area (Å²) in [4.78, 5) is 17.5. The molecule has 5 heteroatoms. The van der Waals surface area contributed by atoms with Crippen LogP contribution in [0.25, 0.3) is 11.0 Å². The zero-order valence-corrected chi connectivity index (χ0v) is 6.40. The van der Waals surface area contributed by atoms with Crippen molar-refractivity contribution in [3.05, 3.63) is 28.4 Å². The van der Waals surface area contributed by atoms with Crippen molar-refractivity contribution < 1.29 is 0 Å². The summed E-state index contributed by atoms with van der Waals surface area (Å²) in [7, 11) is 0. The van der Waals surface area contributed by atoms with Gasteiger partial charge in [-0.05, 0) is 13.0 Å². The average molecular weight is 162 g/mol. The van der Waals surface area contributed by atoms with Crippen LogP contribution in [0.3, 0.4) is 0 Å². The summed E-state index contributed by atoms with van der Waals surface area (Å²) in [6.45, 7) is 1.78. The second-order valence-corrected chi connectivity index (χ2v) is 2.45. The van der Waals surface area contributed by atoms with Gasteiger partial charge in [-0.3, -0.25) is 4.79 Å². The van der Waals surface area contributed by atoms with E-state index < -0.39 is 0 Å². The highest BCUT2D eigenvalue weighted by Gasteiger charge is 1.99. The largest absolute Gasteiger partial charge is 0.313 e. The van der Waals surface area contributed by atoms with Gasteiger partial charge in [0.1, 0.15) is 0 Å². The second-order valence-electron chi connectivity index (χ2n) is 2.45. The third-order valence-corrected chi connectivity index (χ3v) is 1.52. The van der Waals surface area contributed by atoms with Crippen LogP contribution < -0.4 is 5.56 Å². The molecule has 0 radical (unpaired) electrons. The predicted molar refractivity (Wildman–Crippen MR) is 42.7 cm³/mol. The molecule has 0 atom stereocenters. The van der Waals surface area contributed by atoms with E-state index >= 15 is 0 Å². The molecule has 0 unspecified atom stereocenters. The van der Waals surface area contributed by atoms with E-state index in [4.69, 9.17) is 0 Å². The summed E-state index contributed by atoms with van der Waals surface area (Å²) in [5.41, 5.74) is 0.906. The van der Waals surface area contributed by atoms with Crippen LogP contribution >= 0.6 is 0 Å². The molecule has 0 aliphatic rings. The molecule has 0 saturated heterocycles. The lowest BCUT2D eigenvalue weighted by atomic mass is 10.3. The molecule has 0 bridgehead atoms. The maximum atomic E-state index is 11.2. The quantitative estimate of drug-likeness (QED) is 0.592. The normalized spacial score (nSPS) is 10.4. The maximum Gasteiger partial charge on any atom is 0.260 e. The van der Waals surface area contributed by atoms with Gasteiger partial charge in [0.25, 0.3) is 5.56 Å². The Hall–Kier alpha value is -1.78. The Morgan fingerprint density at radius 2 is 2.25 bits per heavy atom. The van der Waals surface area contributed by atoms with Gasteiger partial charge in [-0.25, -0.2) is 4.98 Å². The summed E-state index contributed by atoms with van der Waals surface area (Å²) in [5.74, 6) is 0. The van der Waals surface area contributed by atoms with Crippen molar-refractivity contribution in [2.24, 2.45) is 0 Å². The molecule has 2 aromatic rings. The molecule has 12 heavy (non-hydrogen) atoms. The van der Waals surface area contributed by atoms with Crippen molar-refractivity contribution in [3.8, 4) is 0 Å². The molecule has 0 aromatic carbocycles. The fourth-order valence-corrected chi connectivity index (χ4v) is 0.975. The van der Waals surface area contributed by atoms with Gasteiger partial charge >= 0.3 is 0 Å². The molecule has 0 aliphatic heterocycles. The average Bonchev–Trinajstić information content (AvgIpc) is 2.07. The van der Waals surface area contributed by atoms with Crippen LogP contribution in [0.1, 0.15) is 5.69 Å². The molecule has 2 aromatic heterocycles. The SMILES string of the molecule is Cc1cc2c(=O)[nH]cnc2nn1. The number of fused-ring (bicyclic) bond motifs is 1. The van der Waals surface area contributed by atoms with E-state index in [1.165, 1.54) is 6.33 Å². The minimum atomic E-state index is -0.182. The highest BCUT2D eigenvalue weighted by molar-refractivity contribution is 5.72. The first-order chi connectivity index (χ1) is 5.77.